The van der Waals surface area contributed by atoms with Crippen molar-refractivity contribution in [1.82, 2.24) is 20.0 Å². The molecule has 144 valence electrons. The van der Waals surface area contributed by atoms with Crippen LogP contribution in [0, 0.1) is 18.8 Å². The zero-order chi connectivity index (χ0) is 19.4. The van der Waals surface area contributed by atoms with Crippen LogP contribution >= 0.6 is 0 Å². The lowest BCUT2D eigenvalue weighted by atomic mass is 9.95. The second kappa shape index (κ2) is 6.29. The number of aryl methyl sites for hydroxylation is 1. The fourth-order valence-electron chi connectivity index (χ4n) is 4.63. The Balaban J connectivity index is 1.50. The van der Waals surface area contributed by atoms with Gasteiger partial charge in [0.1, 0.15) is 0 Å². The van der Waals surface area contributed by atoms with Crippen molar-refractivity contribution >= 4 is 17.7 Å². The van der Waals surface area contributed by atoms with Gasteiger partial charge in [-0.1, -0.05) is 17.7 Å². The number of nitrogens with one attached hydrogen (secondary N) is 1. The first kappa shape index (κ1) is 17.2. The molecule has 1 aliphatic carbocycles. The molecule has 5 rings (SSSR count). The third-order valence-corrected chi connectivity index (χ3v) is 6.19. The number of carbonyl (C=O) groups is 3. The van der Waals surface area contributed by atoms with Crippen molar-refractivity contribution in [2.75, 3.05) is 13.1 Å². The Labute approximate surface area is 162 Å². The normalized spacial score (nSPS) is 23.5. The van der Waals surface area contributed by atoms with Gasteiger partial charge in [-0.25, -0.2) is 4.68 Å². The van der Waals surface area contributed by atoms with Crippen molar-refractivity contribution in [2.24, 2.45) is 11.8 Å². The van der Waals surface area contributed by atoms with E-state index in [-0.39, 0.29) is 30.8 Å². The highest BCUT2D eigenvalue weighted by molar-refractivity contribution is 6.07. The molecule has 1 aromatic carbocycles. The van der Waals surface area contributed by atoms with Crippen LogP contribution in [0.5, 0.6) is 0 Å². The summed E-state index contributed by atoms with van der Waals surface area (Å²) in [5, 5.41) is 7.07. The number of likely N-dealkylation sites (tertiary alicyclic amines) is 1. The number of hydrogen-bond donors (Lipinski definition) is 1. The summed E-state index contributed by atoms with van der Waals surface area (Å²) in [5.41, 5.74) is 4.72. The molecule has 7 heteroatoms. The zero-order valence-corrected chi connectivity index (χ0v) is 15.8. The molecular weight excluding hydrogens is 356 g/mol. The highest BCUT2D eigenvalue weighted by Gasteiger charge is 2.49. The molecule has 0 bridgehead atoms. The van der Waals surface area contributed by atoms with Gasteiger partial charge in [0.2, 0.25) is 11.8 Å². The van der Waals surface area contributed by atoms with Gasteiger partial charge in [0.25, 0.3) is 5.91 Å². The Morgan fingerprint density at radius 3 is 2.36 bits per heavy atom. The van der Waals surface area contributed by atoms with Crippen molar-refractivity contribution in [1.29, 1.82) is 0 Å². The number of amides is 3. The Morgan fingerprint density at radius 1 is 1.04 bits per heavy atom. The van der Waals surface area contributed by atoms with Gasteiger partial charge in [0, 0.05) is 24.3 Å². The summed E-state index contributed by atoms with van der Waals surface area (Å²) >= 11 is 0. The van der Waals surface area contributed by atoms with Crippen molar-refractivity contribution in [3.63, 3.8) is 0 Å². The molecule has 7 nitrogen and oxygen atoms in total. The summed E-state index contributed by atoms with van der Waals surface area (Å²) in [6, 6.07) is 8.13. The summed E-state index contributed by atoms with van der Waals surface area (Å²) in [4.78, 5) is 38.8. The zero-order valence-electron chi connectivity index (χ0n) is 15.8. The second-order valence-electron chi connectivity index (χ2n) is 8.00. The summed E-state index contributed by atoms with van der Waals surface area (Å²) in [6.45, 7) is 2.61. The standard InChI is InChI=1S/C21H22N4O3/c1-12-6-8-13(9-7-12)25-17-5-3-2-4-14(17)18(23-25)21(28)24-10-15-16(11-24)20(27)22-19(15)26/h6-9,15-16H,2-5,10-11H2,1H3,(H,22,26,27)/t15-,16+. The number of benzene rings is 1. The van der Waals surface area contributed by atoms with Crippen LogP contribution in [0.1, 0.15) is 40.2 Å². The molecule has 2 saturated heterocycles. The predicted molar refractivity (Wildman–Crippen MR) is 101 cm³/mol. The molecule has 3 amide bonds. The quantitative estimate of drug-likeness (QED) is 0.801. The molecule has 28 heavy (non-hydrogen) atoms. The Morgan fingerprint density at radius 2 is 1.68 bits per heavy atom. The minimum Gasteiger partial charge on any atom is -0.336 e. The van der Waals surface area contributed by atoms with Crippen molar-refractivity contribution < 1.29 is 14.4 Å². The van der Waals surface area contributed by atoms with E-state index < -0.39 is 11.8 Å². The van der Waals surface area contributed by atoms with E-state index >= 15 is 0 Å². The average molecular weight is 378 g/mol. The monoisotopic (exact) mass is 378 g/mol. The van der Waals surface area contributed by atoms with E-state index in [1.807, 2.05) is 35.9 Å². The molecule has 3 aliphatic rings. The Bertz CT molecular complexity index is 970. The number of aromatic nitrogens is 2. The lowest BCUT2D eigenvalue weighted by Gasteiger charge is -2.17. The molecule has 3 heterocycles. The molecule has 2 aromatic rings. The van der Waals surface area contributed by atoms with Gasteiger partial charge in [-0.15, -0.1) is 0 Å². The lowest BCUT2D eigenvalue weighted by molar-refractivity contribution is -0.126. The maximum absolute atomic E-state index is 13.3. The third kappa shape index (κ3) is 2.57. The molecule has 1 N–H and O–H groups in total. The Kier molecular flexibility index (Phi) is 3.86. The van der Waals surface area contributed by atoms with Crippen LogP contribution in [-0.2, 0) is 22.4 Å². The van der Waals surface area contributed by atoms with Gasteiger partial charge in [-0.3, -0.25) is 19.7 Å². The molecule has 0 radical (unpaired) electrons. The van der Waals surface area contributed by atoms with E-state index in [4.69, 9.17) is 5.10 Å². The largest absolute Gasteiger partial charge is 0.336 e. The molecule has 0 saturated carbocycles. The molecule has 2 aliphatic heterocycles. The van der Waals surface area contributed by atoms with E-state index in [1.165, 1.54) is 5.56 Å². The minimum atomic E-state index is -0.425. The second-order valence-corrected chi connectivity index (χ2v) is 8.00. The van der Waals surface area contributed by atoms with Gasteiger partial charge >= 0.3 is 0 Å². The number of imide groups is 1. The van der Waals surface area contributed by atoms with Crippen LogP contribution in [-0.4, -0.2) is 45.5 Å². The van der Waals surface area contributed by atoms with Gasteiger partial charge < -0.3 is 4.90 Å². The molecular formula is C21H22N4O3. The van der Waals surface area contributed by atoms with Gasteiger partial charge in [-0.05, 0) is 44.7 Å². The third-order valence-electron chi connectivity index (χ3n) is 6.19. The van der Waals surface area contributed by atoms with Crippen LogP contribution in [0.4, 0.5) is 0 Å². The molecule has 1 aromatic heterocycles. The first-order chi connectivity index (χ1) is 13.5. The lowest BCUT2D eigenvalue weighted by Crippen LogP contribution is -2.35. The topological polar surface area (TPSA) is 84.3 Å². The molecule has 0 spiro atoms. The number of fused-ring (bicyclic) bond motifs is 2. The smallest absolute Gasteiger partial charge is 0.274 e. The first-order valence-electron chi connectivity index (χ1n) is 9.84. The van der Waals surface area contributed by atoms with Crippen LogP contribution in [0.3, 0.4) is 0 Å². The van der Waals surface area contributed by atoms with Crippen molar-refractivity contribution in [3.05, 3.63) is 46.8 Å². The number of rotatable bonds is 2. The fraction of sp³-hybridized carbons (Fsp3) is 0.429. The van der Waals surface area contributed by atoms with Crippen molar-refractivity contribution in [3.8, 4) is 5.69 Å². The highest BCUT2D eigenvalue weighted by atomic mass is 16.2. The van der Waals surface area contributed by atoms with Crippen LogP contribution in [0.25, 0.3) is 5.69 Å². The van der Waals surface area contributed by atoms with Gasteiger partial charge in [-0.2, -0.15) is 5.10 Å². The fourth-order valence-corrected chi connectivity index (χ4v) is 4.63. The van der Waals surface area contributed by atoms with Crippen LogP contribution < -0.4 is 5.32 Å². The van der Waals surface area contributed by atoms with Crippen molar-refractivity contribution in [2.45, 2.75) is 32.6 Å². The maximum Gasteiger partial charge on any atom is 0.274 e. The molecule has 2 atom stereocenters. The van der Waals surface area contributed by atoms with E-state index in [9.17, 15) is 14.4 Å². The van der Waals surface area contributed by atoms with Crippen LogP contribution in [0.2, 0.25) is 0 Å². The molecule has 0 unspecified atom stereocenters. The summed E-state index contributed by atoms with van der Waals surface area (Å²) in [5.74, 6) is -1.55. The highest BCUT2D eigenvalue weighted by Crippen LogP contribution is 2.32. The SMILES string of the molecule is Cc1ccc(-n2nc(C(=O)N3C[C@@H]4C(=O)NC(=O)[C@@H]4C3)c3c2CCCC3)cc1. The van der Waals surface area contributed by atoms with Gasteiger partial charge in [0.15, 0.2) is 5.69 Å². The minimum absolute atomic E-state index is 0.168. The number of nitrogens with zero attached hydrogens (tertiary/aromatic N) is 3. The van der Waals surface area contributed by atoms with E-state index in [2.05, 4.69) is 5.32 Å². The Hall–Kier alpha value is -2.96. The summed E-state index contributed by atoms with van der Waals surface area (Å²) in [7, 11) is 0. The first-order valence-corrected chi connectivity index (χ1v) is 9.84. The number of hydrogen-bond acceptors (Lipinski definition) is 4. The maximum atomic E-state index is 13.3. The number of carbonyl (C=O) groups excluding carboxylic acids is 3. The van der Waals surface area contributed by atoms with Crippen LogP contribution in [0.15, 0.2) is 24.3 Å². The summed E-state index contributed by atoms with van der Waals surface area (Å²) < 4.78 is 1.90. The van der Waals surface area contributed by atoms with Gasteiger partial charge in [0.05, 0.1) is 17.5 Å². The van der Waals surface area contributed by atoms with E-state index in [0.717, 1.165) is 42.6 Å². The van der Waals surface area contributed by atoms with E-state index in [0.29, 0.717) is 5.69 Å². The average Bonchev–Trinajstić information content (AvgIpc) is 3.37. The summed E-state index contributed by atoms with van der Waals surface area (Å²) in [6.07, 6.45) is 3.86. The molecule has 2 fully saturated rings. The van der Waals surface area contributed by atoms with E-state index in [1.54, 1.807) is 4.90 Å². The predicted octanol–water partition coefficient (Wildman–Crippen LogP) is 1.40.